The molecule has 0 fully saturated rings. The molecule has 0 unspecified atom stereocenters. The highest BCUT2D eigenvalue weighted by molar-refractivity contribution is 5.95. The Hall–Kier alpha value is -1.84. The molecule has 0 aliphatic rings. The van der Waals surface area contributed by atoms with Gasteiger partial charge in [-0.05, 0) is 25.0 Å². The Balaban J connectivity index is 2.31. The summed E-state index contributed by atoms with van der Waals surface area (Å²) >= 11 is 0. The Morgan fingerprint density at radius 1 is 1.12 bits per heavy atom. The first-order valence-corrected chi connectivity index (χ1v) is 5.69. The molecule has 2 amide bonds. The molecule has 0 aliphatic heterocycles. The van der Waals surface area contributed by atoms with E-state index >= 15 is 0 Å². The van der Waals surface area contributed by atoms with E-state index in [0.717, 1.165) is 12.0 Å². The van der Waals surface area contributed by atoms with E-state index in [1.807, 2.05) is 25.1 Å². The van der Waals surface area contributed by atoms with E-state index < -0.39 is 0 Å². The van der Waals surface area contributed by atoms with Crippen molar-refractivity contribution in [1.29, 1.82) is 0 Å². The molecule has 1 rings (SSSR count). The quantitative estimate of drug-likeness (QED) is 0.753. The van der Waals surface area contributed by atoms with Crippen molar-refractivity contribution in [2.24, 2.45) is 0 Å². The summed E-state index contributed by atoms with van der Waals surface area (Å²) in [5.74, 6) is -0.110. The lowest BCUT2D eigenvalue weighted by atomic mass is 10.1. The maximum atomic E-state index is 11.8. The maximum Gasteiger partial charge on any atom is 0.251 e. The zero-order valence-electron chi connectivity index (χ0n) is 10.2. The normalized spacial score (nSPS) is 9.76. The van der Waals surface area contributed by atoms with Crippen molar-refractivity contribution in [3.63, 3.8) is 0 Å². The van der Waals surface area contributed by atoms with Gasteiger partial charge in [-0.25, -0.2) is 0 Å². The van der Waals surface area contributed by atoms with E-state index in [9.17, 15) is 9.59 Å². The number of carbonyl (C=O) groups excluding carboxylic acids is 2. The molecule has 0 radical (unpaired) electrons. The molecule has 0 saturated carbocycles. The number of hydrogen-bond acceptors (Lipinski definition) is 2. The fourth-order valence-electron chi connectivity index (χ4n) is 1.48. The summed E-state index contributed by atoms with van der Waals surface area (Å²) in [5, 5.41) is 5.50. The third-order valence-corrected chi connectivity index (χ3v) is 2.40. The van der Waals surface area contributed by atoms with Gasteiger partial charge < -0.3 is 10.6 Å². The fraction of sp³-hybridized carbons (Fsp3) is 0.385. The first kappa shape index (κ1) is 13.2. The summed E-state index contributed by atoms with van der Waals surface area (Å²) in [6.45, 7) is 4.54. The number of nitrogens with one attached hydrogen (secondary N) is 2. The Kier molecular flexibility index (Phi) is 5.20. The molecular weight excluding hydrogens is 216 g/mol. The number of aryl methyl sites for hydroxylation is 1. The summed E-state index contributed by atoms with van der Waals surface area (Å²) < 4.78 is 0. The molecule has 0 aliphatic carbocycles. The molecule has 2 N–H and O–H groups in total. The van der Waals surface area contributed by atoms with Crippen molar-refractivity contribution in [2.45, 2.75) is 20.3 Å². The van der Waals surface area contributed by atoms with Crippen LogP contribution in [0.25, 0.3) is 0 Å². The fourth-order valence-corrected chi connectivity index (χ4v) is 1.48. The average molecular weight is 234 g/mol. The third-order valence-electron chi connectivity index (χ3n) is 2.40. The third kappa shape index (κ3) is 4.68. The molecule has 1 aromatic carbocycles. The van der Waals surface area contributed by atoms with Gasteiger partial charge >= 0.3 is 0 Å². The highest BCUT2D eigenvalue weighted by atomic mass is 16.2. The summed E-state index contributed by atoms with van der Waals surface area (Å²) in [7, 11) is 0. The first-order chi connectivity index (χ1) is 8.11. The van der Waals surface area contributed by atoms with Gasteiger partial charge in [0.25, 0.3) is 5.91 Å². The summed E-state index contributed by atoms with van der Waals surface area (Å²) in [4.78, 5) is 22.4. The average Bonchev–Trinajstić information content (AvgIpc) is 2.28. The second-order valence-electron chi connectivity index (χ2n) is 3.91. The van der Waals surface area contributed by atoms with Crippen LogP contribution in [0.2, 0.25) is 0 Å². The van der Waals surface area contributed by atoms with E-state index in [1.165, 1.54) is 6.92 Å². The van der Waals surface area contributed by atoms with Gasteiger partial charge in [-0.1, -0.05) is 18.2 Å². The number of rotatable bonds is 5. The van der Waals surface area contributed by atoms with Crippen LogP contribution in [-0.2, 0) is 4.79 Å². The van der Waals surface area contributed by atoms with Crippen molar-refractivity contribution in [2.75, 3.05) is 13.1 Å². The van der Waals surface area contributed by atoms with Crippen LogP contribution >= 0.6 is 0 Å². The van der Waals surface area contributed by atoms with Gasteiger partial charge in [-0.2, -0.15) is 0 Å². The molecular formula is C13H18N2O2. The largest absolute Gasteiger partial charge is 0.356 e. The number of amides is 2. The van der Waals surface area contributed by atoms with E-state index in [-0.39, 0.29) is 11.8 Å². The summed E-state index contributed by atoms with van der Waals surface area (Å²) in [6, 6.07) is 7.47. The Labute approximate surface area is 101 Å². The van der Waals surface area contributed by atoms with Gasteiger partial charge in [0, 0.05) is 25.6 Å². The van der Waals surface area contributed by atoms with Crippen molar-refractivity contribution < 1.29 is 9.59 Å². The Bertz CT molecular complexity index is 402. The minimum absolute atomic E-state index is 0.0461. The van der Waals surface area contributed by atoms with E-state index in [0.29, 0.717) is 18.7 Å². The van der Waals surface area contributed by atoms with Crippen LogP contribution in [-0.4, -0.2) is 24.9 Å². The van der Waals surface area contributed by atoms with E-state index in [2.05, 4.69) is 10.6 Å². The van der Waals surface area contributed by atoms with Crippen LogP contribution in [0.1, 0.15) is 29.3 Å². The van der Waals surface area contributed by atoms with Crippen molar-refractivity contribution in [3.05, 3.63) is 35.4 Å². The van der Waals surface area contributed by atoms with Crippen molar-refractivity contribution >= 4 is 11.8 Å². The molecule has 4 nitrogen and oxygen atoms in total. The van der Waals surface area contributed by atoms with E-state index in [1.54, 1.807) is 6.07 Å². The van der Waals surface area contributed by atoms with Crippen molar-refractivity contribution in [3.8, 4) is 0 Å². The lowest BCUT2D eigenvalue weighted by molar-refractivity contribution is -0.118. The summed E-state index contributed by atoms with van der Waals surface area (Å²) in [5.41, 5.74) is 1.67. The number of carbonyl (C=O) groups is 2. The molecule has 0 saturated heterocycles. The summed E-state index contributed by atoms with van der Waals surface area (Å²) in [6.07, 6.45) is 0.733. The van der Waals surface area contributed by atoms with Crippen molar-refractivity contribution in [1.82, 2.24) is 10.6 Å². The smallest absolute Gasteiger partial charge is 0.251 e. The standard InChI is InChI=1S/C13H18N2O2/c1-10-6-3-4-7-12(10)13(17)15-9-5-8-14-11(2)16/h3-4,6-7H,5,8-9H2,1-2H3,(H,14,16)(H,15,17). The zero-order chi connectivity index (χ0) is 12.7. The molecule has 1 aromatic rings. The van der Waals surface area contributed by atoms with Crippen LogP contribution in [0.3, 0.4) is 0 Å². The molecule has 17 heavy (non-hydrogen) atoms. The van der Waals surface area contributed by atoms with Gasteiger partial charge in [0.05, 0.1) is 0 Å². The van der Waals surface area contributed by atoms with Gasteiger partial charge in [-0.3, -0.25) is 9.59 Å². The minimum atomic E-state index is -0.0640. The highest BCUT2D eigenvalue weighted by Crippen LogP contribution is 2.06. The molecule has 0 aromatic heterocycles. The van der Waals surface area contributed by atoms with Crippen LogP contribution in [0.4, 0.5) is 0 Å². The number of benzene rings is 1. The van der Waals surface area contributed by atoms with Crippen LogP contribution in [0, 0.1) is 6.92 Å². The second kappa shape index (κ2) is 6.68. The first-order valence-electron chi connectivity index (χ1n) is 5.69. The highest BCUT2D eigenvalue weighted by Gasteiger charge is 2.06. The molecule has 0 bridgehead atoms. The topological polar surface area (TPSA) is 58.2 Å². The van der Waals surface area contributed by atoms with Crippen LogP contribution in [0.5, 0.6) is 0 Å². The predicted octanol–water partition coefficient (Wildman–Crippen LogP) is 1.25. The molecule has 0 heterocycles. The van der Waals surface area contributed by atoms with Gasteiger partial charge in [0.2, 0.25) is 5.91 Å². The lowest BCUT2D eigenvalue weighted by Gasteiger charge is -2.07. The lowest BCUT2D eigenvalue weighted by Crippen LogP contribution is -2.29. The molecule has 0 spiro atoms. The molecule has 4 heteroatoms. The van der Waals surface area contributed by atoms with Gasteiger partial charge in [0.1, 0.15) is 0 Å². The number of hydrogen-bond donors (Lipinski definition) is 2. The Morgan fingerprint density at radius 3 is 2.41 bits per heavy atom. The van der Waals surface area contributed by atoms with Gasteiger partial charge in [0.15, 0.2) is 0 Å². The monoisotopic (exact) mass is 234 g/mol. The molecule has 0 atom stereocenters. The Morgan fingerprint density at radius 2 is 1.76 bits per heavy atom. The van der Waals surface area contributed by atoms with Crippen LogP contribution < -0.4 is 10.6 Å². The minimum Gasteiger partial charge on any atom is -0.356 e. The predicted molar refractivity (Wildman–Crippen MR) is 66.8 cm³/mol. The zero-order valence-corrected chi connectivity index (χ0v) is 10.2. The van der Waals surface area contributed by atoms with E-state index in [4.69, 9.17) is 0 Å². The SMILES string of the molecule is CC(=O)NCCCNC(=O)c1ccccc1C. The maximum absolute atomic E-state index is 11.8. The van der Waals surface area contributed by atoms with Gasteiger partial charge in [-0.15, -0.1) is 0 Å². The van der Waals surface area contributed by atoms with Crippen LogP contribution in [0.15, 0.2) is 24.3 Å². The molecule has 92 valence electrons. The second-order valence-corrected chi connectivity index (χ2v) is 3.91.